The molecule has 1 atom stereocenters. The highest BCUT2D eigenvalue weighted by Gasteiger charge is 2.35. The van der Waals surface area contributed by atoms with Gasteiger partial charge in [0.05, 0.1) is 6.61 Å². The van der Waals surface area contributed by atoms with E-state index in [-0.39, 0.29) is 10.7 Å². The van der Waals surface area contributed by atoms with Crippen LogP contribution in [0.3, 0.4) is 0 Å². The zero-order valence-corrected chi connectivity index (χ0v) is 11.2. The minimum atomic E-state index is -1.15. The van der Waals surface area contributed by atoms with Crippen molar-refractivity contribution in [3.63, 3.8) is 0 Å². The van der Waals surface area contributed by atoms with E-state index in [1.54, 1.807) is 7.11 Å². The van der Waals surface area contributed by atoms with E-state index in [4.69, 9.17) is 14.6 Å². The molecule has 0 aromatic carbocycles. The molecule has 1 fully saturated rings. The Kier molecular flexibility index (Phi) is 4.13. The highest BCUT2D eigenvalue weighted by atomic mass is 32.1. The summed E-state index contributed by atoms with van der Waals surface area (Å²) >= 11 is 0.999. The molecule has 0 saturated carbocycles. The van der Waals surface area contributed by atoms with Crippen LogP contribution in [0, 0.1) is 0 Å². The minimum absolute atomic E-state index is 0.124. The van der Waals surface area contributed by atoms with Crippen LogP contribution in [0.4, 0.5) is 0 Å². The lowest BCUT2D eigenvalue weighted by atomic mass is 10.0. The van der Waals surface area contributed by atoms with Gasteiger partial charge in [-0.25, -0.2) is 9.78 Å². The first kappa shape index (κ1) is 13.9. The van der Waals surface area contributed by atoms with E-state index >= 15 is 0 Å². The number of rotatable bonds is 5. The standard InChI is InChI=1S/C11H14N2O5S/c1-17-11(2-3-18-6-11)5-12-8(14)9-13-7(4-19-9)10(15)16/h4H,2-3,5-6H2,1H3,(H,12,14)(H,15,16). The first-order chi connectivity index (χ1) is 9.06. The Morgan fingerprint density at radius 2 is 2.47 bits per heavy atom. The van der Waals surface area contributed by atoms with Crippen LogP contribution in [0.2, 0.25) is 0 Å². The van der Waals surface area contributed by atoms with Gasteiger partial charge in [0.25, 0.3) is 5.91 Å². The van der Waals surface area contributed by atoms with Gasteiger partial charge in [0, 0.05) is 32.1 Å². The predicted molar refractivity (Wildman–Crippen MR) is 66.6 cm³/mol. The van der Waals surface area contributed by atoms with Gasteiger partial charge in [-0.05, 0) is 0 Å². The molecule has 1 unspecified atom stereocenters. The van der Waals surface area contributed by atoms with Crippen LogP contribution in [0.25, 0.3) is 0 Å². The number of aromatic carboxylic acids is 1. The highest BCUT2D eigenvalue weighted by Crippen LogP contribution is 2.21. The lowest BCUT2D eigenvalue weighted by Gasteiger charge is -2.25. The van der Waals surface area contributed by atoms with Gasteiger partial charge in [-0.2, -0.15) is 0 Å². The number of hydrogen-bond donors (Lipinski definition) is 2. The topological polar surface area (TPSA) is 97.8 Å². The number of nitrogens with one attached hydrogen (secondary N) is 1. The second kappa shape index (κ2) is 5.64. The van der Waals surface area contributed by atoms with E-state index in [0.717, 1.165) is 11.3 Å². The maximum Gasteiger partial charge on any atom is 0.355 e. The first-order valence-electron chi connectivity index (χ1n) is 5.66. The molecule has 0 bridgehead atoms. The van der Waals surface area contributed by atoms with Crippen LogP contribution in [-0.4, -0.2) is 54.4 Å². The fraction of sp³-hybridized carbons (Fsp3) is 0.545. The van der Waals surface area contributed by atoms with Crippen molar-refractivity contribution in [2.45, 2.75) is 12.0 Å². The van der Waals surface area contributed by atoms with Gasteiger partial charge >= 0.3 is 5.97 Å². The number of carboxylic acid groups (broad SMARTS) is 1. The predicted octanol–water partition coefficient (Wildman–Crippen LogP) is 0.377. The molecule has 1 amide bonds. The van der Waals surface area contributed by atoms with Gasteiger partial charge in [0.15, 0.2) is 10.7 Å². The Hall–Kier alpha value is -1.51. The van der Waals surface area contributed by atoms with E-state index in [9.17, 15) is 9.59 Å². The molecule has 0 aliphatic carbocycles. The van der Waals surface area contributed by atoms with Crippen molar-refractivity contribution in [1.82, 2.24) is 10.3 Å². The third kappa shape index (κ3) is 3.09. The first-order valence-corrected chi connectivity index (χ1v) is 6.54. The van der Waals surface area contributed by atoms with Crippen LogP contribution in [0.1, 0.15) is 26.7 Å². The third-order valence-corrected chi connectivity index (χ3v) is 3.83. The summed E-state index contributed by atoms with van der Waals surface area (Å²) in [5.41, 5.74) is -0.622. The SMILES string of the molecule is COC1(CNC(=O)c2nc(C(=O)O)cs2)CCOC1. The quantitative estimate of drug-likeness (QED) is 0.812. The number of methoxy groups -OCH3 is 1. The van der Waals surface area contributed by atoms with Crippen LogP contribution < -0.4 is 5.32 Å². The van der Waals surface area contributed by atoms with Gasteiger partial charge in [-0.1, -0.05) is 0 Å². The zero-order chi connectivity index (χ0) is 13.9. The molecule has 19 heavy (non-hydrogen) atoms. The average molecular weight is 286 g/mol. The molecular formula is C11H14N2O5S. The van der Waals surface area contributed by atoms with Crippen molar-refractivity contribution in [2.75, 3.05) is 26.9 Å². The largest absolute Gasteiger partial charge is 0.476 e. The lowest BCUT2D eigenvalue weighted by Crippen LogP contribution is -2.45. The van der Waals surface area contributed by atoms with Gasteiger partial charge in [-0.3, -0.25) is 4.79 Å². The van der Waals surface area contributed by atoms with E-state index in [1.165, 1.54) is 5.38 Å². The Labute approximate surface area is 113 Å². The molecule has 1 aromatic rings. The Bertz CT molecular complexity index is 481. The number of amides is 1. The molecule has 7 nitrogen and oxygen atoms in total. The molecular weight excluding hydrogens is 272 g/mol. The van der Waals surface area contributed by atoms with Crippen LogP contribution in [0.15, 0.2) is 5.38 Å². The van der Waals surface area contributed by atoms with E-state index in [0.29, 0.717) is 26.2 Å². The lowest BCUT2D eigenvalue weighted by molar-refractivity contribution is -0.0148. The van der Waals surface area contributed by atoms with Gasteiger partial charge in [-0.15, -0.1) is 11.3 Å². The molecule has 1 saturated heterocycles. The zero-order valence-electron chi connectivity index (χ0n) is 10.3. The monoisotopic (exact) mass is 286 g/mol. The molecule has 1 aliphatic rings. The summed E-state index contributed by atoms with van der Waals surface area (Å²) in [4.78, 5) is 26.3. The van der Waals surface area contributed by atoms with Crippen molar-refractivity contribution in [3.8, 4) is 0 Å². The smallest absolute Gasteiger partial charge is 0.355 e. The summed E-state index contributed by atoms with van der Waals surface area (Å²) in [6.07, 6.45) is 0.710. The van der Waals surface area contributed by atoms with Crippen molar-refractivity contribution in [1.29, 1.82) is 0 Å². The van der Waals surface area contributed by atoms with Crippen LogP contribution in [-0.2, 0) is 9.47 Å². The molecule has 104 valence electrons. The third-order valence-electron chi connectivity index (χ3n) is 2.99. The van der Waals surface area contributed by atoms with Crippen molar-refractivity contribution < 1.29 is 24.2 Å². The average Bonchev–Trinajstić information content (AvgIpc) is 3.06. The van der Waals surface area contributed by atoms with Crippen molar-refractivity contribution >= 4 is 23.2 Å². The molecule has 2 rings (SSSR count). The normalized spacial score (nSPS) is 22.4. The van der Waals surface area contributed by atoms with Gasteiger partial charge in [0.1, 0.15) is 5.60 Å². The van der Waals surface area contributed by atoms with Crippen molar-refractivity contribution in [2.24, 2.45) is 0 Å². The minimum Gasteiger partial charge on any atom is -0.476 e. The van der Waals surface area contributed by atoms with Crippen molar-refractivity contribution in [3.05, 3.63) is 16.1 Å². The Morgan fingerprint density at radius 3 is 3.00 bits per heavy atom. The second-order valence-electron chi connectivity index (χ2n) is 4.22. The summed E-state index contributed by atoms with van der Waals surface area (Å²) in [6.45, 7) is 1.34. The second-order valence-corrected chi connectivity index (χ2v) is 5.07. The number of carbonyl (C=O) groups is 2. The Morgan fingerprint density at radius 1 is 1.68 bits per heavy atom. The Balaban J connectivity index is 1.95. The summed E-state index contributed by atoms with van der Waals surface area (Å²) in [5.74, 6) is -1.55. The van der Waals surface area contributed by atoms with E-state index in [2.05, 4.69) is 10.3 Å². The maximum atomic E-state index is 11.8. The number of aromatic nitrogens is 1. The number of thiazole rings is 1. The molecule has 1 aliphatic heterocycles. The fourth-order valence-electron chi connectivity index (χ4n) is 1.75. The number of hydrogen-bond acceptors (Lipinski definition) is 6. The molecule has 2 heterocycles. The summed E-state index contributed by atoms with van der Waals surface area (Å²) in [5, 5.41) is 12.9. The summed E-state index contributed by atoms with van der Waals surface area (Å²) in [6, 6.07) is 0. The molecule has 8 heteroatoms. The number of carbonyl (C=O) groups excluding carboxylic acids is 1. The molecule has 0 radical (unpaired) electrons. The summed E-state index contributed by atoms with van der Waals surface area (Å²) in [7, 11) is 1.58. The maximum absolute atomic E-state index is 11.8. The van der Waals surface area contributed by atoms with Gasteiger partial charge in [0.2, 0.25) is 0 Å². The number of nitrogens with zero attached hydrogens (tertiary/aromatic N) is 1. The molecule has 0 spiro atoms. The molecule has 1 aromatic heterocycles. The molecule has 2 N–H and O–H groups in total. The van der Waals surface area contributed by atoms with Gasteiger partial charge < -0.3 is 19.9 Å². The van der Waals surface area contributed by atoms with Crippen LogP contribution in [0.5, 0.6) is 0 Å². The fourth-order valence-corrected chi connectivity index (χ4v) is 2.46. The van der Waals surface area contributed by atoms with E-state index < -0.39 is 17.5 Å². The highest BCUT2D eigenvalue weighted by molar-refractivity contribution is 7.11. The van der Waals surface area contributed by atoms with E-state index in [1.807, 2.05) is 0 Å². The number of ether oxygens (including phenoxy) is 2. The summed E-state index contributed by atoms with van der Waals surface area (Å²) < 4.78 is 10.6. The number of carboxylic acids is 1. The van der Waals surface area contributed by atoms with Crippen LogP contribution >= 0.6 is 11.3 Å².